The second-order valence-corrected chi connectivity index (χ2v) is 9.21. The van der Waals surface area contributed by atoms with Crippen LogP contribution in [-0.4, -0.2) is 26.9 Å². The summed E-state index contributed by atoms with van der Waals surface area (Å²) in [5.74, 6) is 0.669. The minimum absolute atomic E-state index is 0.0984. The standard InChI is InChI=1S/C22H27N5O3S/c1-14-8-7-9-16-19(14)25-21(31-16)23-17(29)10-11-18-24-20(27-30-18)22(26-15(2)28)12-5-3-4-6-13-22/h7-9H,3-6,10-13H2,1-2H3,(H,26,28)(H,23,25,29). The van der Waals surface area contributed by atoms with Gasteiger partial charge in [-0.25, -0.2) is 4.98 Å². The summed E-state index contributed by atoms with van der Waals surface area (Å²) in [7, 11) is 0. The van der Waals surface area contributed by atoms with Crippen LogP contribution in [0.5, 0.6) is 0 Å². The van der Waals surface area contributed by atoms with Crippen molar-refractivity contribution in [1.82, 2.24) is 20.4 Å². The van der Waals surface area contributed by atoms with E-state index in [1.807, 2.05) is 25.1 Å². The lowest BCUT2D eigenvalue weighted by molar-refractivity contribution is -0.121. The topological polar surface area (TPSA) is 110 Å². The van der Waals surface area contributed by atoms with Gasteiger partial charge in [0.05, 0.1) is 10.2 Å². The third kappa shape index (κ3) is 4.92. The maximum atomic E-state index is 12.4. The first-order chi connectivity index (χ1) is 14.9. The Hall–Kier alpha value is -2.81. The largest absolute Gasteiger partial charge is 0.343 e. The minimum atomic E-state index is -0.578. The highest BCUT2D eigenvalue weighted by atomic mass is 32.1. The van der Waals surface area contributed by atoms with Crippen LogP contribution in [0.3, 0.4) is 0 Å². The summed E-state index contributed by atoms with van der Waals surface area (Å²) in [5.41, 5.74) is 1.42. The fourth-order valence-corrected chi connectivity index (χ4v) is 5.13. The van der Waals surface area contributed by atoms with Gasteiger partial charge in [-0.05, 0) is 31.4 Å². The average molecular weight is 442 g/mol. The molecule has 3 aromatic rings. The SMILES string of the molecule is CC(=O)NC1(c2noc(CCC(=O)Nc3nc4c(C)cccc4s3)n2)CCCCCC1. The van der Waals surface area contributed by atoms with Gasteiger partial charge in [0, 0.05) is 19.8 Å². The van der Waals surface area contributed by atoms with E-state index in [0.717, 1.165) is 54.3 Å². The fraction of sp³-hybridized carbons (Fsp3) is 0.500. The average Bonchev–Trinajstić information content (AvgIpc) is 3.30. The molecule has 8 nitrogen and oxygen atoms in total. The predicted octanol–water partition coefficient (Wildman–Crippen LogP) is 4.24. The first-order valence-corrected chi connectivity index (χ1v) is 11.5. The van der Waals surface area contributed by atoms with Gasteiger partial charge in [0.25, 0.3) is 0 Å². The molecule has 2 aromatic heterocycles. The van der Waals surface area contributed by atoms with Gasteiger partial charge in [-0.1, -0.05) is 54.3 Å². The van der Waals surface area contributed by atoms with Gasteiger partial charge in [-0.2, -0.15) is 4.98 Å². The summed E-state index contributed by atoms with van der Waals surface area (Å²) in [5, 5.41) is 10.7. The second-order valence-electron chi connectivity index (χ2n) is 8.18. The van der Waals surface area contributed by atoms with Gasteiger partial charge in [-0.15, -0.1) is 0 Å². The number of aromatic nitrogens is 3. The van der Waals surface area contributed by atoms with Crippen LogP contribution in [0.4, 0.5) is 5.13 Å². The van der Waals surface area contributed by atoms with E-state index in [1.54, 1.807) is 0 Å². The molecule has 0 saturated heterocycles. The number of hydrogen-bond donors (Lipinski definition) is 2. The van der Waals surface area contributed by atoms with Crippen molar-refractivity contribution in [1.29, 1.82) is 0 Å². The van der Waals surface area contributed by atoms with Crippen LogP contribution in [0.15, 0.2) is 22.7 Å². The Morgan fingerprint density at radius 2 is 1.94 bits per heavy atom. The van der Waals surface area contributed by atoms with Gasteiger partial charge in [0.2, 0.25) is 17.7 Å². The van der Waals surface area contributed by atoms with Crippen molar-refractivity contribution < 1.29 is 14.1 Å². The fourth-order valence-electron chi connectivity index (χ4n) is 4.17. The van der Waals surface area contributed by atoms with Gasteiger partial charge in [0.15, 0.2) is 11.0 Å². The maximum absolute atomic E-state index is 12.4. The van der Waals surface area contributed by atoms with Crippen LogP contribution in [0.1, 0.15) is 69.1 Å². The minimum Gasteiger partial charge on any atom is -0.343 e. The number of amides is 2. The van der Waals surface area contributed by atoms with Crippen molar-refractivity contribution in [3.8, 4) is 0 Å². The lowest BCUT2D eigenvalue weighted by Crippen LogP contribution is -2.45. The molecule has 0 atom stereocenters. The normalized spacial score (nSPS) is 16.1. The van der Waals surface area contributed by atoms with Crippen molar-refractivity contribution in [3.63, 3.8) is 0 Å². The number of anilines is 1. The number of benzene rings is 1. The van der Waals surface area contributed by atoms with E-state index < -0.39 is 5.54 Å². The molecule has 0 bridgehead atoms. The Bertz CT molecular complexity index is 1080. The van der Waals surface area contributed by atoms with Gasteiger partial charge in [-0.3, -0.25) is 9.59 Å². The maximum Gasteiger partial charge on any atom is 0.227 e. The monoisotopic (exact) mass is 441 g/mol. The molecular formula is C22H27N5O3S. The number of hydrogen-bond acceptors (Lipinski definition) is 7. The molecule has 164 valence electrons. The Labute approximate surface area is 184 Å². The number of aryl methyl sites for hydroxylation is 2. The molecule has 1 saturated carbocycles. The van der Waals surface area contributed by atoms with Crippen LogP contribution in [0.25, 0.3) is 10.2 Å². The van der Waals surface area contributed by atoms with E-state index in [-0.39, 0.29) is 18.2 Å². The van der Waals surface area contributed by atoms with Crippen molar-refractivity contribution in [3.05, 3.63) is 35.5 Å². The number of carbonyl (C=O) groups is 2. The molecular weight excluding hydrogens is 414 g/mol. The summed E-state index contributed by atoms with van der Waals surface area (Å²) in [6, 6.07) is 5.98. The number of nitrogens with one attached hydrogen (secondary N) is 2. The molecule has 0 spiro atoms. The zero-order chi connectivity index (χ0) is 21.8. The van der Waals surface area contributed by atoms with Crippen LogP contribution in [0.2, 0.25) is 0 Å². The first kappa shape index (κ1) is 21.4. The first-order valence-electron chi connectivity index (χ1n) is 10.7. The Kier molecular flexibility index (Phi) is 6.31. The summed E-state index contributed by atoms with van der Waals surface area (Å²) >= 11 is 1.46. The number of nitrogens with zero attached hydrogens (tertiary/aromatic N) is 3. The van der Waals surface area contributed by atoms with Crippen LogP contribution in [-0.2, 0) is 21.5 Å². The summed E-state index contributed by atoms with van der Waals surface area (Å²) in [4.78, 5) is 33.3. The highest BCUT2D eigenvalue weighted by molar-refractivity contribution is 7.22. The lowest BCUT2D eigenvalue weighted by Gasteiger charge is -2.30. The van der Waals surface area contributed by atoms with E-state index in [0.29, 0.717) is 23.3 Å². The third-order valence-corrected chi connectivity index (χ3v) is 6.64. The molecule has 4 rings (SSSR count). The van der Waals surface area contributed by atoms with Gasteiger partial charge >= 0.3 is 0 Å². The molecule has 0 unspecified atom stereocenters. The molecule has 2 amide bonds. The molecule has 0 aliphatic heterocycles. The second kappa shape index (κ2) is 9.13. The number of fused-ring (bicyclic) bond motifs is 1. The van der Waals surface area contributed by atoms with E-state index in [9.17, 15) is 9.59 Å². The molecule has 2 N–H and O–H groups in total. The summed E-state index contributed by atoms with van der Waals surface area (Å²) in [6.07, 6.45) is 6.42. The lowest BCUT2D eigenvalue weighted by atomic mass is 9.89. The molecule has 1 aliphatic carbocycles. The number of para-hydroxylation sites is 1. The van der Waals surface area contributed by atoms with Crippen LogP contribution < -0.4 is 10.6 Å². The molecule has 1 aliphatic rings. The highest BCUT2D eigenvalue weighted by Crippen LogP contribution is 2.34. The Morgan fingerprint density at radius 3 is 2.65 bits per heavy atom. The van der Waals surface area contributed by atoms with Crippen LogP contribution >= 0.6 is 11.3 Å². The highest BCUT2D eigenvalue weighted by Gasteiger charge is 2.38. The number of rotatable bonds is 6. The van der Waals surface area contributed by atoms with Crippen LogP contribution in [0, 0.1) is 6.92 Å². The van der Waals surface area contributed by atoms with Crippen molar-refractivity contribution in [2.24, 2.45) is 0 Å². The smallest absolute Gasteiger partial charge is 0.227 e. The van der Waals surface area contributed by atoms with E-state index in [2.05, 4.69) is 25.8 Å². The van der Waals surface area contributed by atoms with Crippen molar-refractivity contribution >= 4 is 38.5 Å². The van der Waals surface area contributed by atoms with E-state index in [1.165, 1.54) is 18.3 Å². The molecule has 1 fully saturated rings. The van der Waals surface area contributed by atoms with E-state index in [4.69, 9.17) is 4.52 Å². The van der Waals surface area contributed by atoms with E-state index >= 15 is 0 Å². The molecule has 2 heterocycles. The third-order valence-electron chi connectivity index (χ3n) is 5.70. The van der Waals surface area contributed by atoms with Gasteiger partial charge in [0.1, 0.15) is 5.54 Å². The quantitative estimate of drug-likeness (QED) is 0.554. The van der Waals surface area contributed by atoms with Crippen molar-refractivity contribution in [2.45, 2.75) is 70.8 Å². The zero-order valence-electron chi connectivity index (χ0n) is 17.9. The molecule has 1 aromatic carbocycles. The molecule has 31 heavy (non-hydrogen) atoms. The Balaban J connectivity index is 1.40. The summed E-state index contributed by atoms with van der Waals surface area (Å²) in [6.45, 7) is 3.52. The zero-order valence-corrected chi connectivity index (χ0v) is 18.7. The van der Waals surface area contributed by atoms with Crippen molar-refractivity contribution in [2.75, 3.05) is 5.32 Å². The number of thiazole rings is 1. The Morgan fingerprint density at radius 1 is 1.16 bits per heavy atom. The molecule has 0 radical (unpaired) electrons. The van der Waals surface area contributed by atoms with Gasteiger partial charge < -0.3 is 15.2 Å². The summed E-state index contributed by atoms with van der Waals surface area (Å²) < 4.78 is 6.47. The molecule has 9 heteroatoms. The number of carbonyl (C=O) groups excluding carboxylic acids is 2. The predicted molar refractivity (Wildman–Crippen MR) is 119 cm³/mol.